The number of thiophene rings is 1. The van der Waals surface area contributed by atoms with Gasteiger partial charge in [0.2, 0.25) is 0 Å². The maximum Gasteiger partial charge on any atom is 0.328 e. The van der Waals surface area contributed by atoms with Crippen molar-refractivity contribution in [2.45, 2.75) is 38.8 Å². The number of aryl methyl sites for hydroxylation is 2. The van der Waals surface area contributed by atoms with Crippen molar-refractivity contribution in [1.82, 2.24) is 29.5 Å². The Morgan fingerprint density at radius 1 is 1.19 bits per heavy atom. The number of hydrogen-bond acceptors (Lipinski definition) is 9. The number of aliphatic hydroxyl groups excluding tert-OH is 1. The summed E-state index contributed by atoms with van der Waals surface area (Å²) in [7, 11) is 0. The first-order valence-electron chi connectivity index (χ1n) is 10.4. The van der Waals surface area contributed by atoms with E-state index >= 15 is 0 Å². The Labute approximate surface area is 186 Å². The highest BCUT2D eigenvalue weighted by Gasteiger charge is 2.22. The summed E-state index contributed by atoms with van der Waals surface area (Å²) >= 11 is 1.68. The van der Waals surface area contributed by atoms with Gasteiger partial charge in [0.05, 0.1) is 30.3 Å². The normalized spacial score (nSPS) is 13.3. The molecule has 0 aromatic carbocycles. The van der Waals surface area contributed by atoms with Gasteiger partial charge in [-0.05, 0) is 31.2 Å². The fraction of sp³-hybridized carbons (Fsp3) is 0.333. The standard InChI is InChI=1S/C21H21N7O3S/c29-8-7-28-11-12(19(30)27-21(28)31)9-24-18-16-13-3-1-2-4-15(13)32-20(16)26-17(25-18)14-10-22-5-6-23-14/h5-6,10-11,29H,1-4,7-9H2,(H,24,25,26)(H,27,30,31). The summed E-state index contributed by atoms with van der Waals surface area (Å²) in [5, 5.41) is 13.4. The maximum absolute atomic E-state index is 12.3. The van der Waals surface area contributed by atoms with Gasteiger partial charge < -0.3 is 10.4 Å². The second-order valence-corrected chi connectivity index (χ2v) is 8.65. The lowest BCUT2D eigenvalue weighted by Gasteiger charge is -2.13. The molecule has 11 heteroatoms. The molecular weight excluding hydrogens is 430 g/mol. The summed E-state index contributed by atoms with van der Waals surface area (Å²) in [4.78, 5) is 46.7. The number of nitrogens with one attached hydrogen (secondary N) is 2. The van der Waals surface area contributed by atoms with Crippen LogP contribution in [0.2, 0.25) is 0 Å². The van der Waals surface area contributed by atoms with E-state index < -0.39 is 11.2 Å². The van der Waals surface area contributed by atoms with Crippen molar-refractivity contribution in [1.29, 1.82) is 0 Å². The molecule has 10 nitrogen and oxygen atoms in total. The van der Waals surface area contributed by atoms with Gasteiger partial charge in [-0.25, -0.2) is 19.7 Å². The molecule has 0 amide bonds. The summed E-state index contributed by atoms with van der Waals surface area (Å²) < 4.78 is 1.28. The summed E-state index contributed by atoms with van der Waals surface area (Å²) in [5.74, 6) is 1.10. The minimum absolute atomic E-state index is 0.106. The van der Waals surface area contributed by atoms with Crippen LogP contribution in [0.25, 0.3) is 21.7 Å². The van der Waals surface area contributed by atoms with E-state index in [-0.39, 0.29) is 19.7 Å². The molecule has 0 aliphatic heterocycles. The molecule has 5 rings (SSSR count). The van der Waals surface area contributed by atoms with Crippen molar-refractivity contribution in [2.75, 3.05) is 11.9 Å². The summed E-state index contributed by atoms with van der Waals surface area (Å²) in [6.45, 7) is 0.0702. The van der Waals surface area contributed by atoms with E-state index in [4.69, 9.17) is 15.1 Å². The molecule has 0 bridgehead atoms. The van der Waals surface area contributed by atoms with Crippen LogP contribution in [0.3, 0.4) is 0 Å². The molecule has 1 aliphatic rings. The monoisotopic (exact) mass is 451 g/mol. The van der Waals surface area contributed by atoms with E-state index in [9.17, 15) is 9.59 Å². The summed E-state index contributed by atoms with van der Waals surface area (Å²) in [6, 6.07) is 0. The molecule has 4 heterocycles. The third-order valence-corrected chi connectivity index (χ3v) is 6.66. The minimum Gasteiger partial charge on any atom is -0.395 e. The van der Waals surface area contributed by atoms with Crippen LogP contribution in [0.15, 0.2) is 34.4 Å². The Morgan fingerprint density at radius 2 is 2.06 bits per heavy atom. The van der Waals surface area contributed by atoms with Crippen LogP contribution in [0.4, 0.5) is 5.82 Å². The van der Waals surface area contributed by atoms with Crippen LogP contribution >= 0.6 is 11.3 Å². The minimum atomic E-state index is -0.547. The summed E-state index contributed by atoms with van der Waals surface area (Å²) in [5.41, 5.74) is 1.19. The number of aromatic nitrogens is 6. The number of aliphatic hydroxyl groups is 1. The zero-order valence-corrected chi connectivity index (χ0v) is 18.0. The van der Waals surface area contributed by atoms with Gasteiger partial charge in [0.1, 0.15) is 16.3 Å². The molecule has 0 unspecified atom stereocenters. The molecule has 0 atom stereocenters. The highest BCUT2D eigenvalue weighted by Crippen LogP contribution is 2.39. The lowest BCUT2D eigenvalue weighted by atomic mass is 9.97. The molecule has 3 N–H and O–H groups in total. The summed E-state index contributed by atoms with van der Waals surface area (Å²) in [6.07, 6.45) is 10.6. The predicted octanol–water partition coefficient (Wildman–Crippen LogP) is 1.48. The predicted molar refractivity (Wildman–Crippen MR) is 121 cm³/mol. The lowest BCUT2D eigenvalue weighted by Crippen LogP contribution is -2.33. The first-order valence-corrected chi connectivity index (χ1v) is 11.2. The zero-order chi connectivity index (χ0) is 22.1. The Bertz CT molecular complexity index is 1390. The van der Waals surface area contributed by atoms with Gasteiger partial charge in [-0.3, -0.25) is 19.3 Å². The maximum atomic E-state index is 12.3. The van der Waals surface area contributed by atoms with Crippen molar-refractivity contribution in [2.24, 2.45) is 0 Å². The number of aromatic amines is 1. The molecule has 0 spiro atoms. The van der Waals surface area contributed by atoms with E-state index in [0.717, 1.165) is 35.9 Å². The van der Waals surface area contributed by atoms with Crippen LogP contribution in [-0.2, 0) is 25.9 Å². The van der Waals surface area contributed by atoms with Gasteiger partial charge in [0.15, 0.2) is 5.82 Å². The number of hydrogen-bond donors (Lipinski definition) is 3. The average molecular weight is 452 g/mol. The van der Waals surface area contributed by atoms with Gasteiger partial charge in [-0.2, -0.15) is 0 Å². The van der Waals surface area contributed by atoms with Crippen LogP contribution in [0, 0.1) is 0 Å². The molecule has 32 heavy (non-hydrogen) atoms. The van der Waals surface area contributed by atoms with Crippen LogP contribution in [-0.4, -0.2) is 41.2 Å². The fourth-order valence-corrected chi connectivity index (χ4v) is 5.21. The molecule has 4 aromatic rings. The molecule has 164 valence electrons. The van der Waals surface area contributed by atoms with Crippen LogP contribution in [0.1, 0.15) is 28.8 Å². The molecule has 0 radical (unpaired) electrons. The highest BCUT2D eigenvalue weighted by atomic mass is 32.1. The Hall–Kier alpha value is -3.44. The smallest absolute Gasteiger partial charge is 0.328 e. The number of anilines is 1. The second-order valence-electron chi connectivity index (χ2n) is 7.56. The van der Waals surface area contributed by atoms with Crippen molar-refractivity contribution >= 4 is 27.4 Å². The number of fused-ring (bicyclic) bond motifs is 3. The van der Waals surface area contributed by atoms with Gasteiger partial charge in [-0.1, -0.05) is 0 Å². The first-order chi connectivity index (χ1) is 15.6. The number of nitrogens with zero attached hydrogens (tertiary/aromatic N) is 5. The van der Waals surface area contributed by atoms with E-state index in [0.29, 0.717) is 22.9 Å². The van der Waals surface area contributed by atoms with Crippen molar-refractivity contribution < 1.29 is 5.11 Å². The van der Waals surface area contributed by atoms with Gasteiger partial charge in [0, 0.05) is 30.0 Å². The molecular formula is C21H21N7O3S. The Balaban J connectivity index is 1.58. The molecule has 0 saturated heterocycles. The fourth-order valence-electron chi connectivity index (χ4n) is 3.95. The second kappa shape index (κ2) is 8.60. The quantitative estimate of drug-likeness (QED) is 0.401. The third kappa shape index (κ3) is 3.80. The first kappa shape index (κ1) is 20.5. The van der Waals surface area contributed by atoms with Gasteiger partial charge >= 0.3 is 5.69 Å². The number of rotatable bonds is 6. The topological polar surface area (TPSA) is 139 Å². The average Bonchev–Trinajstić information content (AvgIpc) is 3.19. The van der Waals surface area contributed by atoms with E-state index in [2.05, 4.69) is 20.3 Å². The third-order valence-electron chi connectivity index (χ3n) is 5.48. The number of H-pyrrole nitrogens is 1. The Morgan fingerprint density at radius 3 is 2.88 bits per heavy atom. The SMILES string of the molecule is O=c1[nH]c(=O)n(CCO)cc1CNc1nc(-c2cnccn2)nc2sc3c(c12)CCCC3. The van der Waals surface area contributed by atoms with Crippen LogP contribution < -0.4 is 16.6 Å². The largest absolute Gasteiger partial charge is 0.395 e. The molecule has 1 aliphatic carbocycles. The van der Waals surface area contributed by atoms with E-state index in [1.807, 2.05) is 0 Å². The molecule has 4 aromatic heterocycles. The van der Waals surface area contributed by atoms with Crippen molar-refractivity contribution in [3.05, 3.63) is 61.6 Å². The van der Waals surface area contributed by atoms with Gasteiger partial charge in [0.25, 0.3) is 5.56 Å². The van der Waals surface area contributed by atoms with Gasteiger partial charge in [-0.15, -0.1) is 11.3 Å². The Kier molecular flexibility index (Phi) is 5.50. The van der Waals surface area contributed by atoms with Crippen molar-refractivity contribution in [3.8, 4) is 11.5 Å². The van der Waals surface area contributed by atoms with Crippen LogP contribution in [0.5, 0.6) is 0 Å². The van der Waals surface area contributed by atoms with Crippen molar-refractivity contribution in [3.63, 3.8) is 0 Å². The van der Waals surface area contributed by atoms with E-state index in [1.54, 1.807) is 29.9 Å². The highest BCUT2D eigenvalue weighted by molar-refractivity contribution is 7.19. The lowest BCUT2D eigenvalue weighted by molar-refractivity contribution is 0.273. The van der Waals surface area contributed by atoms with E-state index in [1.165, 1.54) is 21.2 Å². The molecule has 0 saturated carbocycles. The zero-order valence-electron chi connectivity index (χ0n) is 17.2. The molecule has 0 fully saturated rings.